The van der Waals surface area contributed by atoms with Gasteiger partial charge in [-0.05, 0) is 17.7 Å². The standard InChI is InChI=1S/C11H10F3N3O2S2/c12-11(13,14)21(18,19)17-6-10-16-5-9(20-10)7-1-3-8(15)4-2-7/h1-5,17H,6,15H2. The Balaban J connectivity index is 2.09. The maximum absolute atomic E-state index is 12.2. The van der Waals surface area contributed by atoms with Crippen LogP contribution < -0.4 is 10.5 Å². The molecule has 0 radical (unpaired) electrons. The lowest BCUT2D eigenvalue weighted by Gasteiger charge is -2.07. The molecule has 114 valence electrons. The second-order valence-corrected chi connectivity index (χ2v) is 6.88. The summed E-state index contributed by atoms with van der Waals surface area (Å²) in [4.78, 5) is 4.60. The number of alkyl halides is 3. The average Bonchev–Trinajstić information content (AvgIpc) is 2.85. The van der Waals surface area contributed by atoms with Gasteiger partial charge in [0.25, 0.3) is 0 Å². The van der Waals surface area contributed by atoms with E-state index in [1.165, 1.54) is 10.9 Å². The molecule has 2 aromatic rings. The van der Waals surface area contributed by atoms with Gasteiger partial charge >= 0.3 is 15.5 Å². The summed E-state index contributed by atoms with van der Waals surface area (Å²) < 4.78 is 59.7. The summed E-state index contributed by atoms with van der Waals surface area (Å²) in [7, 11) is -5.36. The molecule has 0 fully saturated rings. The fourth-order valence-corrected chi connectivity index (χ4v) is 2.86. The molecule has 0 spiro atoms. The van der Waals surface area contributed by atoms with Crippen LogP contribution in [0.4, 0.5) is 18.9 Å². The number of hydrogen-bond acceptors (Lipinski definition) is 5. The molecule has 0 aliphatic rings. The number of nitrogens with two attached hydrogens (primary N) is 1. The molecular weight excluding hydrogens is 327 g/mol. The molecular formula is C11H10F3N3O2S2. The van der Waals surface area contributed by atoms with Crippen LogP contribution in [0.25, 0.3) is 10.4 Å². The molecule has 21 heavy (non-hydrogen) atoms. The van der Waals surface area contributed by atoms with Crippen molar-refractivity contribution in [1.82, 2.24) is 9.71 Å². The quantitative estimate of drug-likeness (QED) is 0.839. The average molecular weight is 337 g/mol. The van der Waals surface area contributed by atoms with Crippen molar-refractivity contribution in [3.05, 3.63) is 35.5 Å². The summed E-state index contributed by atoms with van der Waals surface area (Å²) in [5.41, 5.74) is 1.60. The Morgan fingerprint density at radius 2 is 1.86 bits per heavy atom. The van der Waals surface area contributed by atoms with E-state index >= 15 is 0 Å². The monoisotopic (exact) mass is 337 g/mol. The highest BCUT2D eigenvalue weighted by atomic mass is 32.2. The molecule has 3 N–H and O–H groups in total. The number of aromatic nitrogens is 1. The first-order chi connectivity index (χ1) is 9.69. The molecule has 10 heteroatoms. The number of rotatable bonds is 4. The minimum absolute atomic E-state index is 0.231. The van der Waals surface area contributed by atoms with Gasteiger partial charge in [0, 0.05) is 11.9 Å². The molecule has 0 amide bonds. The molecule has 5 nitrogen and oxygen atoms in total. The van der Waals surface area contributed by atoms with Crippen molar-refractivity contribution in [2.45, 2.75) is 12.1 Å². The number of nitrogens with zero attached hydrogens (tertiary/aromatic N) is 1. The summed E-state index contributed by atoms with van der Waals surface area (Å²) >= 11 is 1.10. The molecule has 0 bridgehead atoms. The number of nitrogen functional groups attached to an aromatic ring is 1. The van der Waals surface area contributed by atoms with E-state index in [0.717, 1.165) is 16.9 Å². The zero-order valence-corrected chi connectivity index (χ0v) is 12.0. The van der Waals surface area contributed by atoms with E-state index < -0.39 is 22.1 Å². The van der Waals surface area contributed by atoms with Crippen LogP contribution in [0.2, 0.25) is 0 Å². The first-order valence-corrected chi connectivity index (χ1v) is 7.85. The van der Waals surface area contributed by atoms with E-state index in [1.807, 2.05) is 0 Å². The van der Waals surface area contributed by atoms with Crippen molar-refractivity contribution in [1.29, 1.82) is 0 Å². The Labute approximate surface area is 122 Å². The summed E-state index contributed by atoms with van der Waals surface area (Å²) in [6.45, 7) is -0.512. The van der Waals surface area contributed by atoms with E-state index in [2.05, 4.69) is 4.98 Å². The molecule has 1 heterocycles. The minimum atomic E-state index is -5.36. The fourth-order valence-electron chi connectivity index (χ4n) is 1.41. The van der Waals surface area contributed by atoms with Crippen molar-refractivity contribution >= 4 is 27.0 Å². The summed E-state index contributed by atoms with van der Waals surface area (Å²) in [5.74, 6) is 0. The SMILES string of the molecule is Nc1ccc(-c2cnc(CNS(=O)(=O)C(F)(F)F)s2)cc1. The van der Waals surface area contributed by atoms with Gasteiger partial charge < -0.3 is 5.73 Å². The number of benzene rings is 1. The van der Waals surface area contributed by atoms with E-state index in [-0.39, 0.29) is 5.01 Å². The fraction of sp³-hybridized carbons (Fsp3) is 0.182. The number of hydrogen-bond donors (Lipinski definition) is 2. The lowest BCUT2D eigenvalue weighted by molar-refractivity contribution is -0.0448. The topological polar surface area (TPSA) is 85.1 Å². The third kappa shape index (κ3) is 3.71. The van der Waals surface area contributed by atoms with Crippen molar-refractivity contribution in [2.24, 2.45) is 0 Å². The van der Waals surface area contributed by atoms with Crippen LogP contribution in [0.1, 0.15) is 5.01 Å². The molecule has 0 atom stereocenters. The Bertz CT molecular complexity index is 724. The number of nitrogens with one attached hydrogen (secondary N) is 1. The van der Waals surface area contributed by atoms with Gasteiger partial charge in [-0.15, -0.1) is 11.3 Å². The lowest BCUT2D eigenvalue weighted by atomic mass is 10.2. The van der Waals surface area contributed by atoms with Crippen molar-refractivity contribution < 1.29 is 21.6 Å². The number of sulfonamides is 1. The van der Waals surface area contributed by atoms with Gasteiger partial charge in [-0.2, -0.15) is 13.2 Å². The molecule has 2 rings (SSSR count). The predicted molar refractivity (Wildman–Crippen MR) is 73.8 cm³/mol. The molecule has 1 aromatic carbocycles. The smallest absolute Gasteiger partial charge is 0.399 e. The highest BCUT2D eigenvalue weighted by molar-refractivity contribution is 7.90. The third-order valence-electron chi connectivity index (χ3n) is 2.47. The van der Waals surface area contributed by atoms with E-state index in [0.29, 0.717) is 10.6 Å². The van der Waals surface area contributed by atoms with Gasteiger partial charge in [0.2, 0.25) is 0 Å². The van der Waals surface area contributed by atoms with Crippen LogP contribution >= 0.6 is 11.3 Å². The first-order valence-electron chi connectivity index (χ1n) is 5.55. The zero-order valence-electron chi connectivity index (χ0n) is 10.4. The van der Waals surface area contributed by atoms with Gasteiger partial charge in [0.15, 0.2) is 0 Å². The third-order valence-corrected chi connectivity index (χ3v) is 4.65. The molecule has 0 saturated carbocycles. The van der Waals surface area contributed by atoms with Crippen LogP contribution in [0.3, 0.4) is 0 Å². The Morgan fingerprint density at radius 1 is 1.24 bits per heavy atom. The maximum Gasteiger partial charge on any atom is 0.511 e. The number of halogens is 3. The van der Waals surface area contributed by atoms with Gasteiger partial charge in [0.1, 0.15) is 5.01 Å². The summed E-state index contributed by atoms with van der Waals surface area (Å²) in [6, 6.07) is 6.85. The Hall–Kier alpha value is -1.65. The maximum atomic E-state index is 12.2. The van der Waals surface area contributed by atoms with Gasteiger partial charge in [-0.3, -0.25) is 0 Å². The van der Waals surface area contributed by atoms with Gasteiger partial charge in [-0.25, -0.2) is 18.1 Å². The van der Waals surface area contributed by atoms with Crippen LogP contribution in [0.5, 0.6) is 0 Å². The van der Waals surface area contributed by atoms with E-state index in [4.69, 9.17) is 5.73 Å². The highest BCUT2D eigenvalue weighted by Gasteiger charge is 2.45. The Kier molecular flexibility index (Phi) is 4.21. The van der Waals surface area contributed by atoms with Crippen LogP contribution in [0, 0.1) is 0 Å². The molecule has 0 unspecified atom stereocenters. The van der Waals surface area contributed by atoms with Crippen LogP contribution in [-0.2, 0) is 16.6 Å². The normalized spacial score (nSPS) is 12.5. The van der Waals surface area contributed by atoms with Crippen molar-refractivity contribution in [2.75, 3.05) is 5.73 Å². The van der Waals surface area contributed by atoms with Crippen LogP contribution in [-0.4, -0.2) is 18.9 Å². The molecule has 1 aromatic heterocycles. The summed E-state index contributed by atoms with van der Waals surface area (Å²) in [6.07, 6.45) is 1.47. The zero-order chi connectivity index (χ0) is 15.7. The summed E-state index contributed by atoms with van der Waals surface area (Å²) in [5, 5.41) is 0.231. The lowest BCUT2D eigenvalue weighted by Crippen LogP contribution is -2.35. The predicted octanol–water partition coefficient (Wildman–Crippen LogP) is 2.33. The van der Waals surface area contributed by atoms with Gasteiger partial charge in [0.05, 0.1) is 11.4 Å². The second-order valence-electron chi connectivity index (χ2n) is 4.01. The van der Waals surface area contributed by atoms with E-state index in [1.54, 1.807) is 24.3 Å². The minimum Gasteiger partial charge on any atom is -0.399 e. The largest absolute Gasteiger partial charge is 0.511 e. The van der Waals surface area contributed by atoms with E-state index in [9.17, 15) is 21.6 Å². The number of anilines is 1. The van der Waals surface area contributed by atoms with Crippen LogP contribution in [0.15, 0.2) is 30.5 Å². The van der Waals surface area contributed by atoms with Crippen molar-refractivity contribution in [3.8, 4) is 10.4 Å². The molecule has 0 saturated heterocycles. The number of thiazole rings is 1. The molecule has 0 aliphatic heterocycles. The highest BCUT2D eigenvalue weighted by Crippen LogP contribution is 2.27. The Morgan fingerprint density at radius 3 is 2.43 bits per heavy atom. The molecule has 0 aliphatic carbocycles. The second kappa shape index (κ2) is 5.62. The van der Waals surface area contributed by atoms with Gasteiger partial charge in [-0.1, -0.05) is 12.1 Å². The first kappa shape index (κ1) is 15.7. The van der Waals surface area contributed by atoms with Crippen molar-refractivity contribution in [3.63, 3.8) is 0 Å².